The zero-order chi connectivity index (χ0) is 29.4. The Morgan fingerprint density at radius 3 is 2.69 bits per heavy atom. The average Bonchev–Trinajstić information content (AvgIpc) is 3.52. The SMILES string of the molecule is Cc1cccc(F)c1NC(=O)c1cc2c(s1)-c1ccccc1N(C(=O)c1cccc(NCC3CCCS3(=O)=O)n1)CC2. The molecule has 2 aromatic heterocycles. The van der Waals surface area contributed by atoms with E-state index in [-0.39, 0.29) is 35.5 Å². The predicted octanol–water partition coefficient (Wildman–Crippen LogP) is 5.70. The van der Waals surface area contributed by atoms with Crippen LogP contribution in [0.2, 0.25) is 0 Å². The van der Waals surface area contributed by atoms with Gasteiger partial charge in [-0.1, -0.05) is 36.4 Å². The Kier molecular flexibility index (Phi) is 7.54. The fraction of sp³-hybridized carbons (Fsp3) is 0.258. The number of thiophene rings is 1. The van der Waals surface area contributed by atoms with Gasteiger partial charge in [0.05, 0.1) is 27.3 Å². The van der Waals surface area contributed by atoms with E-state index in [1.165, 1.54) is 17.4 Å². The number of carbonyl (C=O) groups is 2. The highest BCUT2D eigenvalue weighted by atomic mass is 32.2. The Labute approximate surface area is 247 Å². The van der Waals surface area contributed by atoms with Gasteiger partial charge in [0, 0.05) is 23.5 Å². The molecule has 0 bridgehead atoms. The molecular weight excluding hydrogens is 575 g/mol. The summed E-state index contributed by atoms with van der Waals surface area (Å²) in [5, 5.41) is 5.37. The van der Waals surface area contributed by atoms with Crippen molar-refractivity contribution in [3.63, 3.8) is 0 Å². The van der Waals surface area contributed by atoms with E-state index < -0.39 is 20.9 Å². The topological polar surface area (TPSA) is 108 Å². The summed E-state index contributed by atoms with van der Waals surface area (Å²) in [6, 6.07) is 19.1. The Morgan fingerprint density at radius 1 is 1.10 bits per heavy atom. The predicted molar refractivity (Wildman–Crippen MR) is 164 cm³/mol. The van der Waals surface area contributed by atoms with Gasteiger partial charge in [0.1, 0.15) is 17.3 Å². The molecule has 2 N–H and O–H groups in total. The molecule has 0 aliphatic carbocycles. The van der Waals surface area contributed by atoms with Gasteiger partial charge in [-0.2, -0.15) is 0 Å². The standard InChI is InChI=1S/C31H29FN4O4S2/c1-19-7-4-10-23(32)28(19)35-30(37)26-17-20-14-15-36(25-12-3-2-9-22(25)29(20)41-26)31(38)24-11-5-13-27(34-24)33-18-21-8-6-16-42(21,39)40/h2-5,7,9-13,17,21H,6,8,14-16,18H2,1H3,(H,33,34)(H,35,37). The molecule has 0 saturated carbocycles. The van der Waals surface area contributed by atoms with Gasteiger partial charge in [-0.05, 0) is 67.6 Å². The van der Waals surface area contributed by atoms with Crippen LogP contribution in [-0.2, 0) is 16.3 Å². The summed E-state index contributed by atoms with van der Waals surface area (Å²) < 4.78 is 38.7. The van der Waals surface area contributed by atoms with E-state index in [0.29, 0.717) is 47.8 Å². The average molecular weight is 605 g/mol. The Balaban J connectivity index is 1.24. The van der Waals surface area contributed by atoms with Gasteiger partial charge in [-0.25, -0.2) is 17.8 Å². The second-order valence-corrected chi connectivity index (χ2v) is 13.9. The van der Waals surface area contributed by atoms with Gasteiger partial charge >= 0.3 is 0 Å². The number of aryl methyl sites for hydroxylation is 1. The highest BCUT2D eigenvalue weighted by molar-refractivity contribution is 7.92. The highest BCUT2D eigenvalue weighted by Gasteiger charge is 2.31. The molecule has 4 aromatic rings. The molecule has 1 saturated heterocycles. The third kappa shape index (κ3) is 5.41. The Bertz CT molecular complexity index is 1780. The minimum Gasteiger partial charge on any atom is -0.369 e. The monoisotopic (exact) mass is 604 g/mol. The van der Waals surface area contributed by atoms with Crippen molar-refractivity contribution in [3.05, 3.63) is 94.2 Å². The van der Waals surface area contributed by atoms with Crippen LogP contribution in [-0.4, -0.2) is 49.3 Å². The number of hydrogen-bond donors (Lipinski definition) is 2. The van der Waals surface area contributed by atoms with Crippen molar-refractivity contribution in [1.82, 2.24) is 4.98 Å². The molecule has 4 heterocycles. The summed E-state index contributed by atoms with van der Waals surface area (Å²) >= 11 is 1.31. The van der Waals surface area contributed by atoms with Crippen LogP contribution in [0.15, 0.2) is 66.7 Å². The normalized spacial score (nSPS) is 17.2. The number of fused-ring (bicyclic) bond motifs is 3. The van der Waals surface area contributed by atoms with Crippen molar-refractivity contribution in [2.45, 2.75) is 31.4 Å². The lowest BCUT2D eigenvalue weighted by atomic mass is 10.1. The number of nitrogens with zero attached hydrogens (tertiary/aromatic N) is 2. The summed E-state index contributed by atoms with van der Waals surface area (Å²) in [5.74, 6) is -0.487. The van der Waals surface area contributed by atoms with E-state index in [1.807, 2.05) is 30.3 Å². The van der Waals surface area contributed by atoms with Gasteiger partial charge in [0.25, 0.3) is 11.8 Å². The second-order valence-electron chi connectivity index (χ2n) is 10.5. The molecule has 2 aliphatic rings. The largest absolute Gasteiger partial charge is 0.369 e. The van der Waals surface area contributed by atoms with Gasteiger partial charge in [0.15, 0.2) is 9.84 Å². The smallest absolute Gasteiger partial charge is 0.276 e. The van der Waals surface area contributed by atoms with Gasteiger partial charge < -0.3 is 15.5 Å². The lowest BCUT2D eigenvalue weighted by Crippen LogP contribution is -2.33. The third-order valence-corrected chi connectivity index (χ3v) is 11.2. The number of anilines is 3. The summed E-state index contributed by atoms with van der Waals surface area (Å²) in [7, 11) is -3.09. The summed E-state index contributed by atoms with van der Waals surface area (Å²) in [6.07, 6.45) is 1.79. The van der Waals surface area contributed by atoms with Crippen LogP contribution in [0.3, 0.4) is 0 Å². The molecule has 2 aliphatic heterocycles. The molecule has 8 nitrogen and oxygen atoms in total. The summed E-state index contributed by atoms with van der Waals surface area (Å²) in [4.78, 5) is 34.5. The lowest BCUT2D eigenvalue weighted by Gasteiger charge is -2.23. The quantitative estimate of drug-likeness (QED) is 0.292. The molecule has 0 radical (unpaired) electrons. The number of para-hydroxylation sites is 2. The number of benzene rings is 2. The number of amides is 2. The van der Waals surface area contributed by atoms with E-state index in [4.69, 9.17) is 0 Å². The zero-order valence-corrected chi connectivity index (χ0v) is 24.5. The number of nitrogens with one attached hydrogen (secondary N) is 2. The van der Waals surface area contributed by atoms with Crippen LogP contribution in [0.5, 0.6) is 0 Å². The van der Waals surface area contributed by atoms with Crippen molar-refractivity contribution < 1.29 is 22.4 Å². The van der Waals surface area contributed by atoms with Crippen molar-refractivity contribution in [2.24, 2.45) is 0 Å². The molecule has 6 rings (SSSR count). The Morgan fingerprint density at radius 2 is 1.90 bits per heavy atom. The minimum atomic E-state index is -3.09. The van der Waals surface area contributed by atoms with Crippen molar-refractivity contribution in [1.29, 1.82) is 0 Å². The number of pyridine rings is 1. The lowest BCUT2D eigenvalue weighted by molar-refractivity contribution is 0.0981. The molecular formula is C31H29FN4O4S2. The van der Waals surface area contributed by atoms with Crippen LogP contribution in [0, 0.1) is 12.7 Å². The first kappa shape index (κ1) is 28.0. The van der Waals surface area contributed by atoms with E-state index in [9.17, 15) is 22.4 Å². The molecule has 1 fully saturated rings. The first-order valence-corrected chi connectivity index (χ1v) is 16.3. The Hall–Kier alpha value is -4.09. The molecule has 0 spiro atoms. The fourth-order valence-corrected chi connectivity index (χ4v) is 8.39. The maximum Gasteiger partial charge on any atom is 0.276 e. The maximum atomic E-state index is 14.4. The van der Waals surface area contributed by atoms with Crippen molar-refractivity contribution in [3.8, 4) is 10.4 Å². The van der Waals surface area contributed by atoms with E-state index in [2.05, 4.69) is 15.6 Å². The number of rotatable bonds is 6. The molecule has 11 heteroatoms. The molecule has 2 amide bonds. The van der Waals surface area contributed by atoms with E-state index in [1.54, 1.807) is 42.2 Å². The zero-order valence-electron chi connectivity index (χ0n) is 22.9. The van der Waals surface area contributed by atoms with Crippen LogP contribution in [0.25, 0.3) is 10.4 Å². The molecule has 42 heavy (non-hydrogen) atoms. The first-order chi connectivity index (χ1) is 20.2. The van der Waals surface area contributed by atoms with Crippen LogP contribution in [0.1, 0.15) is 44.1 Å². The van der Waals surface area contributed by atoms with Crippen LogP contribution >= 0.6 is 11.3 Å². The van der Waals surface area contributed by atoms with E-state index in [0.717, 1.165) is 16.0 Å². The third-order valence-electron chi connectivity index (χ3n) is 7.72. The van der Waals surface area contributed by atoms with Gasteiger partial charge in [-0.3, -0.25) is 9.59 Å². The number of sulfone groups is 1. The number of hydrogen-bond acceptors (Lipinski definition) is 7. The van der Waals surface area contributed by atoms with Crippen LogP contribution in [0.4, 0.5) is 21.6 Å². The second kappa shape index (κ2) is 11.3. The van der Waals surface area contributed by atoms with E-state index >= 15 is 0 Å². The van der Waals surface area contributed by atoms with Gasteiger partial charge in [0.2, 0.25) is 0 Å². The highest BCUT2D eigenvalue weighted by Crippen LogP contribution is 2.42. The van der Waals surface area contributed by atoms with Crippen molar-refractivity contribution in [2.75, 3.05) is 34.4 Å². The number of carbonyl (C=O) groups excluding carboxylic acids is 2. The maximum absolute atomic E-state index is 14.4. The first-order valence-electron chi connectivity index (χ1n) is 13.7. The molecule has 216 valence electrons. The van der Waals surface area contributed by atoms with Gasteiger partial charge in [-0.15, -0.1) is 11.3 Å². The summed E-state index contributed by atoms with van der Waals surface area (Å²) in [5.41, 5.74) is 3.51. The molecule has 2 aromatic carbocycles. The number of halogens is 1. The number of aromatic nitrogens is 1. The molecule has 1 atom stereocenters. The fourth-order valence-electron chi connectivity index (χ4n) is 5.48. The van der Waals surface area contributed by atoms with Crippen LogP contribution < -0.4 is 15.5 Å². The summed E-state index contributed by atoms with van der Waals surface area (Å²) in [6.45, 7) is 2.36. The molecule has 1 unspecified atom stereocenters. The minimum absolute atomic E-state index is 0.164. The van der Waals surface area contributed by atoms with Crippen molar-refractivity contribution >= 4 is 50.2 Å².